The monoisotopic (exact) mass is 242 g/mol. The maximum Gasteiger partial charge on any atom is 0.167 e. The molecule has 1 aromatic rings. The predicted molar refractivity (Wildman–Crippen MR) is 54.7 cm³/mol. The number of rotatable bonds is 3. The highest BCUT2D eigenvalue weighted by atomic mass is 79.9. The van der Waals surface area contributed by atoms with Gasteiger partial charge in [0.1, 0.15) is 0 Å². The van der Waals surface area contributed by atoms with Crippen LogP contribution in [0.15, 0.2) is 28.7 Å². The van der Waals surface area contributed by atoms with Crippen LogP contribution in [0.25, 0.3) is 0 Å². The fourth-order valence-electron chi connectivity index (χ4n) is 1.01. The van der Waals surface area contributed by atoms with Gasteiger partial charge in [0.05, 0.1) is 6.61 Å². The van der Waals surface area contributed by atoms with Gasteiger partial charge in [-0.25, -0.2) is 0 Å². The Bertz CT molecular complexity index is 310. The number of carbonyl (C=O) groups excluding carboxylic acids is 1. The molecule has 0 radical (unpaired) electrons. The molecule has 0 aliphatic carbocycles. The number of hydrogen-bond donors (Lipinski definition) is 1. The molecule has 70 valence electrons. The van der Waals surface area contributed by atoms with Crippen LogP contribution in [0.4, 0.5) is 0 Å². The van der Waals surface area contributed by atoms with Crippen LogP contribution in [-0.4, -0.2) is 17.5 Å². The van der Waals surface area contributed by atoms with Crippen molar-refractivity contribution in [2.45, 2.75) is 6.92 Å². The van der Waals surface area contributed by atoms with Crippen LogP contribution in [0.5, 0.6) is 0 Å². The van der Waals surface area contributed by atoms with E-state index in [1.54, 1.807) is 25.1 Å². The van der Waals surface area contributed by atoms with Crippen molar-refractivity contribution in [1.82, 2.24) is 0 Å². The Morgan fingerprint density at radius 1 is 1.62 bits per heavy atom. The van der Waals surface area contributed by atoms with Crippen molar-refractivity contribution in [3.8, 4) is 0 Å². The molecule has 1 N–H and O–H groups in total. The van der Waals surface area contributed by atoms with Crippen LogP contribution in [0.2, 0.25) is 0 Å². The molecular formula is C10H11BrO2. The highest BCUT2D eigenvalue weighted by molar-refractivity contribution is 9.10. The summed E-state index contributed by atoms with van der Waals surface area (Å²) in [7, 11) is 0. The molecule has 0 heterocycles. The highest BCUT2D eigenvalue weighted by Crippen LogP contribution is 2.14. The second-order valence-corrected chi connectivity index (χ2v) is 3.87. The van der Waals surface area contributed by atoms with Gasteiger partial charge in [0.25, 0.3) is 0 Å². The molecule has 3 heteroatoms. The standard InChI is InChI=1S/C10H11BrO2/c1-7(6-12)10(13)8-3-2-4-9(11)5-8/h2-5,7,12H,6H2,1H3. The minimum absolute atomic E-state index is 0.0243. The van der Waals surface area contributed by atoms with Gasteiger partial charge in [-0.15, -0.1) is 0 Å². The molecule has 0 saturated heterocycles. The average Bonchev–Trinajstić information content (AvgIpc) is 2.15. The number of Topliss-reactive ketones (excluding diaryl/α,β-unsaturated/α-hetero) is 1. The summed E-state index contributed by atoms with van der Waals surface area (Å²) in [4.78, 5) is 11.5. The number of aliphatic hydroxyl groups is 1. The van der Waals surface area contributed by atoms with Crippen molar-refractivity contribution in [2.24, 2.45) is 5.92 Å². The Labute approximate surface area is 85.7 Å². The largest absolute Gasteiger partial charge is 0.396 e. The van der Waals surface area contributed by atoms with Gasteiger partial charge in [-0.3, -0.25) is 4.79 Å². The Kier molecular flexibility index (Phi) is 3.63. The van der Waals surface area contributed by atoms with E-state index in [2.05, 4.69) is 15.9 Å². The van der Waals surface area contributed by atoms with E-state index in [1.165, 1.54) is 0 Å². The highest BCUT2D eigenvalue weighted by Gasteiger charge is 2.13. The van der Waals surface area contributed by atoms with Gasteiger partial charge < -0.3 is 5.11 Å². The molecule has 0 aliphatic heterocycles. The Balaban J connectivity index is 2.89. The molecule has 0 spiro atoms. The normalized spacial score (nSPS) is 12.5. The van der Waals surface area contributed by atoms with Crippen LogP contribution in [0.1, 0.15) is 17.3 Å². The first-order valence-electron chi connectivity index (χ1n) is 4.05. The Morgan fingerprint density at radius 2 is 2.31 bits per heavy atom. The van der Waals surface area contributed by atoms with Gasteiger partial charge >= 0.3 is 0 Å². The summed E-state index contributed by atoms with van der Waals surface area (Å²) in [6.07, 6.45) is 0. The molecule has 2 nitrogen and oxygen atoms in total. The summed E-state index contributed by atoms with van der Waals surface area (Å²) in [6.45, 7) is 1.61. The zero-order valence-electron chi connectivity index (χ0n) is 7.33. The quantitative estimate of drug-likeness (QED) is 0.827. The van der Waals surface area contributed by atoms with Gasteiger partial charge in [-0.2, -0.15) is 0 Å². The fraction of sp³-hybridized carbons (Fsp3) is 0.300. The molecule has 13 heavy (non-hydrogen) atoms. The first-order valence-corrected chi connectivity index (χ1v) is 4.85. The lowest BCUT2D eigenvalue weighted by molar-refractivity contribution is 0.0877. The Hall–Kier alpha value is -0.670. The number of hydrogen-bond acceptors (Lipinski definition) is 2. The van der Waals surface area contributed by atoms with Crippen LogP contribution in [-0.2, 0) is 0 Å². The summed E-state index contributed by atoms with van der Waals surface area (Å²) in [5.74, 6) is -0.349. The minimum atomic E-state index is -0.325. The van der Waals surface area contributed by atoms with Crippen LogP contribution in [0.3, 0.4) is 0 Å². The number of aliphatic hydroxyl groups excluding tert-OH is 1. The van der Waals surface area contributed by atoms with Gasteiger partial charge in [0, 0.05) is 16.0 Å². The summed E-state index contributed by atoms with van der Waals surface area (Å²) in [5, 5.41) is 8.80. The van der Waals surface area contributed by atoms with Gasteiger partial charge in [-0.05, 0) is 12.1 Å². The topological polar surface area (TPSA) is 37.3 Å². The molecule has 1 aromatic carbocycles. The van der Waals surface area contributed by atoms with E-state index >= 15 is 0 Å². The lowest BCUT2D eigenvalue weighted by Gasteiger charge is -2.06. The minimum Gasteiger partial charge on any atom is -0.396 e. The molecule has 0 amide bonds. The van der Waals surface area contributed by atoms with Gasteiger partial charge in [-0.1, -0.05) is 35.0 Å². The number of ketones is 1. The van der Waals surface area contributed by atoms with E-state index in [0.717, 1.165) is 4.47 Å². The van der Waals surface area contributed by atoms with E-state index in [0.29, 0.717) is 5.56 Å². The van der Waals surface area contributed by atoms with Crippen molar-refractivity contribution < 1.29 is 9.90 Å². The van der Waals surface area contributed by atoms with Crippen molar-refractivity contribution in [2.75, 3.05) is 6.61 Å². The summed E-state index contributed by atoms with van der Waals surface area (Å²) >= 11 is 3.29. The first kappa shape index (κ1) is 10.4. The summed E-state index contributed by atoms with van der Waals surface area (Å²) in [5.41, 5.74) is 0.635. The zero-order chi connectivity index (χ0) is 9.84. The maximum atomic E-state index is 11.5. The lowest BCUT2D eigenvalue weighted by Crippen LogP contribution is -2.14. The lowest BCUT2D eigenvalue weighted by atomic mass is 10.0. The van der Waals surface area contributed by atoms with Crippen molar-refractivity contribution >= 4 is 21.7 Å². The average molecular weight is 243 g/mol. The molecule has 0 fully saturated rings. The summed E-state index contributed by atoms with van der Waals surface area (Å²) in [6, 6.07) is 7.18. The third-order valence-corrected chi connectivity index (χ3v) is 2.32. The third-order valence-electron chi connectivity index (χ3n) is 1.83. The Morgan fingerprint density at radius 3 is 2.85 bits per heavy atom. The van der Waals surface area contributed by atoms with E-state index in [4.69, 9.17) is 5.11 Å². The van der Waals surface area contributed by atoms with E-state index in [1.807, 2.05) is 6.07 Å². The maximum absolute atomic E-state index is 11.5. The second-order valence-electron chi connectivity index (χ2n) is 2.96. The van der Waals surface area contributed by atoms with Crippen molar-refractivity contribution in [3.63, 3.8) is 0 Å². The smallest absolute Gasteiger partial charge is 0.167 e. The molecule has 0 bridgehead atoms. The summed E-state index contributed by atoms with van der Waals surface area (Å²) < 4.78 is 0.878. The van der Waals surface area contributed by atoms with Crippen LogP contribution in [0, 0.1) is 5.92 Å². The van der Waals surface area contributed by atoms with Crippen LogP contribution >= 0.6 is 15.9 Å². The number of benzene rings is 1. The van der Waals surface area contributed by atoms with Gasteiger partial charge in [0.15, 0.2) is 5.78 Å². The second kappa shape index (κ2) is 4.53. The van der Waals surface area contributed by atoms with Crippen LogP contribution < -0.4 is 0 Å². The van der Waals surface area contributed by atoms with Gasteiger partial charge in [0.2, 0.25) is 0 Å². The number of halogens is 1. The zero-order valence-corrected chi connectivity index (χ0v) is 8.91. The molecule has 0 aromatic heterocycles. The molecule has 0 aliphatic rings. The number of carbonyl (C=O) groups is 1. The molecule has 0 saturated carbocycles. The molecular weight excluding hydrogens is 232 g/mol. The third kappa shape index (κ3) is 2.64. The molecule has 1 atom stereocenters. The van der Waals surface area contributed by atoms with Crippen molar-refractivity contribution in [1.29, 1.82) is 0 Å². The molecule has 1 rings (SSSR count). The molecule has 1 unspecified atom stereocenters. The predicted octanol–water partition coefficient (Wildman–Crippen LogP) is 2.26. The van der Waals surface area contributed by atoms with E-state index < -0.39 is 0 Å². The van der Waals surface area contributed by atoms with E-state index in [-0.39, 0.29) is 18.3 Å². The van der Waals surface area contributed by atoms with E-state index in [9.17, 15) is 4.79 Å². The SMILES string of the molecule is CC(CO)C(=O)c1cccc(Br)c1. The first-order chi connectivity index (χ1) is 6.15. The van der Waals surface area contributed by atoms with Crippen molar-refractivity contribution in [3.05, 3.63) is 34.3 Å². The fourth-order valence-corrected chi connectivity index (χ4v) is 1.41.